The molecule has 0 amide bonds. The van der Waals surface area contributed by atoms with Gasteiger partial charge < -0.3 is 23.9 Å². The number of rotatable bonds is 10. The molecule has 2 aromatic carbocycles. The fourth-order valence-corrected chi connectivity index (χ4v) is 4.83. The first-order valence-corrected chi connectivity index (χ1v) is 13.4. The Bertz CT molecular complexity index is 1610. The number of ether oxygens (including phenoxy) is 3. The second-order valence-corrected chi connectivity index (χ2v) is 9.77. The van der Waals surface area contributed by atoms with Gasteiger partial charge in [-0.1, -0.05) is 6.07 Å². The van der Waals surface area contributed by atoms with E-state index in [1.54, 1.807) is 18.2 Å². The second-order valence-electron chi connectivity index (χ2n) is 9.77. The van der Waals surface area contributed by atoms with Gasteiger partial charge in [0.15, 0.2) is 11.6 Å². The number of carboxylic acid groups (broad SMARTS) is 1. The number of fused-ring (bicyclic) bond motifs is 1. The largest absolute Gasteiger partial charge is 0.492 e. The van der Waals surface area contributed by atoms with Crippen molar-refractivity contribution < 1.29 is 28.5 Å². The Balaban J connectivity index is 1.17. The molecule has 2 aromatic heterocycles. The van der Waals surface area contributed by atoms with Crippen molar-refractivity contribution in [3.05, 3.63) is 77.0 Å². The fourth-order valence-electron chi connectivity index (χ4n) is 4.83. The van der Waals surface area contributed by atoms with Crippen molar-refractivity contribution >= 4 is 17.0 Å². The first-order valence-electron chi connectivity index (χ1n) is 13.4. The summed E-state index contributed by atoms with van der Waals surface area (Å²) in [6, 6.07) is 14.5. The maximum absolute atomic E-state index is 14.1. The molecule has 0 atom stereocenters. The summed E-state index contributed by atoms with van der Waals surface area (Å²) < 4.78 is 33.4. The minimum Gasteiger partial charge on any atom is -0.492 e. The first-order chi connectivity index (χ1) is 19.8. The van der Waals surface area contributed by atoms with Crippen molar-refractivity contribution in [2.24, 2.45) is 7.05 Å². The smallest absolute Gasteiger partial charge is 0.335 e. The molecule has 0 bridgehead atoms. The van der Waals surface area contributed by atoms with Gasteiger partial charge in [-0.2, -0.15) is 5.26 Å². The monoisotopic (exact) mass is 559 g/mol. The quantitative estimate of drug-likeness (QED) is 0.295. The van der Waals surface area contributed by atoms with Crippen molar-refractivity contribution in [2.75, 3.05) is 19.7 Å². The number of likely N-dealkylation sites (tertiary alicyclic amines) is 1. The second kappa shape index (κ2) is 12.2. The van der Waals surface area contributed by atoms with Crippen LogP contribution < -0.4 is 14.2 Å². The molecule has 1 N–H and O–H groups in total. The number of nitrogens with zero attached hydrogens (tertiary/aromatic N) is 5. The van der Waals surface area contributed by atoms with E-state index in [2.05, 4.69) is 9.88 Å². The topological polar surface area (TPSA) is 123 Å². The molecule has 0 saturated carbocycles. The van der Waals surface area contributed by atoms with Crippen LogP contribution in [0.4, 0.5) is 4.39 Å². The SMILES string of the molecule is CCOc1cc(C(=O)O)cc2c1nc(CN1CCC(Oc3cccc(COc4ccc(C#N)cc4F)n3)CC1)n2C. The predicted octanol–water partition coefficient (Wildman–Crippen LogP) is 4.70. The minimum absolute atomic E-state index is 0.00554. The third-order valence-corrected chi connectivity index (χ3v) is 7.00. The lowest BCUT2D eigenvalue weighted by molar-refractivity contribution is 0.0696. The number of aryl methyl sites for hydroxylation is 1. The van der Waals surface area contributed by atoms with E-state index < -0.39 is 11.8 Å². The Morgan fingerprint density at radius 3 is 2.63 bits per heavy atom. The highest BCUT2D eigenvalue weighted by molar-refractivity contribution is 5.95. The van der Waals surface area contributed by atoms with E-state index in [4.69, 9.17) is 24.5 Å². The molecule has 0 unspecified atom stereocenters. The van der Waals surface area contributed by atoms with Gasteiger partial charge in [-0.3, -0.25) is 4.90 Å². The van der Waals surface area contributed by atoms with Gasteiger partial charge in [0.1, 0.15) is 29.8 Å². The van der Waals surface area contributed by atoms with E-state index in [-0.39, 0.29) is 29.6 Å². The Morgan fingerprint density at radius 1 is 1.12 bits per heavy atom. The molecule has 10 nitrogen and oxygen atoms in total. The maximum atomic E-state index is 14.1. The number of piperidine rings is 1. The number of benzene rings is 2. The molecule has 212 valence electrons. The molecule has 1 aliphatic heterocycles. The van der Waals surface area contributed by atoms with Crippen LogP contribution in [0.5, 0.6) is 17.4 Å². The Labute approximate surface area is 236 Å². The van der Waals surface area contributed by atoms with Crippen molar-refractivity contribution in [3.63, 3.8) is 0 Å². The van der Waals surface area contributed by atoms with Gasteiger partial charge in [0.05, 0.1) is 41.6 Å². The molecule has 0 spiro atoms. The Hall–Kier alpha value is -4.69. The normalized spacial score (nSPS) is 14.1. The molecule has 41 heavy (non-hydrogen) atoms. The average molecular weight is 560 g/mol. The van der Waals surface area contributed by atoms with E-state index in [9.17, 15) is 14.3 Å². The highest BCUT2D eigenvalue weighted by Crippen LogP contribution is 2.29. The van der Waals surface area contributed by atoms with E-state index in [1.807, 2.05) is 30.7 Å². The lowest BCUT2D eigenvalue weighted by Crippen LogP contribution is -2.38. The standard InChI is InChI=1S/C30H30FN5O5/c1-3-39-26-15-20(30(37)38)14-24-29(26)34-27(35(24)2)17-36-11-9-22(10-12-36)41-28-6-4-5-21(33-28)18-40-25-8-7-19(16-32)13-23(25)31/h4-8,13-15,22H,3,9-12,17-18H2,1-2H3,(H,37,38). The number of hydrogen-bond donors (Lipinski definition) is 1. The summed E-state index contributed by atoms with van der Waals surface area (Å²) in [6.45, 7) is 4.55. The zero-order valence-corrected chi connectivity index (χ0v) is 22.8. The van der Waals surface area contributed by atoms with E-state index in [0.717, 1.165) is 43.3 Å². The third-order valence-electron chi connectivity index (χ3n) is 7.00. The summed E-state index contributed by atoms with van der Waals surface area (Å²) >= 11 is 0. The lowest BCUT2D eigenvalue weighted by atomic mass is 10.1. The lowest BCUT2D eigenvalue weighted by Gasteiger charge is -2.31. The van der Waals surface area contributed by atoms with Crippen LogP contribution in [0.2, 0.25) is 0 Å². The van der Waals surface area contributed by atoms with Gasteiger partial charge in [0.25, 0.3) is 0 Å². The van der Waals surface area contributed by atoms with Gasteiger partial charge >= 0.3 is 5.97 Å². The fraction of sp³-hybridized carbons (Fsp3) is 0.333. The summed E-state index contributed by atoms with van der Waals surface area (Å²) in [4.78, 5) is 23.2. The number of aromatic nitrogens is 3. The molecule has 11 heteroatoms. The molecular weight excluding hydrogens is 529 g/mol. The van der Waals surface area contributed by atoms with Crippen LogP contribution in [0.1, 0.15) is 47.2 Å². The van der Waals surface area contributed by atoms with Crippen molar-refractivity contribution in [2.45, 2.75) is 39.0 Å². The van der Waals surface area contributed by atoms with Gasteiger partial charge in [0.2, 0.25) is 5.88 Å². The number of aromatic carboxylic acids is 1. The Kier molecular flexibility index (Phi) is 8.31. The summed E-state index contributed by atoms with van der Waals surface area (Å²) in [5, 5.41) is 18.4. The third kappa shape index (κ3) is 6.39. The highest BCUT2D eigenvalue weighted by Gasteiger charge is 2.24. The summed E-state index contributed by atoms with van der Waals surface area (Å²) in [7, 11) is 1.89. The average Bonchev–Trinajstić information content (AvgIpc) is 3.28. The van der Waals surface area contributed by atoms with E-state index in [0.29, 0.717) is 36.0 Å². The molecule has 1 fully saturated rings. The summed E-state index contributed by atoms with van der Waals surface area (Å²) in [5.74, 6) is 0.237. The van der Waals surface area contributed by atoms with E-state index >= 15 is 0 Å². The summed E-state index contributed by atoms with van der Waals surface area (Å²) in [6.07, 6.45) is 1.60. The molecule has 5 rings (SSSR count). The first kappa shape index (κ1) is 27.9. The molecule has 0 radical (unpaired) electrons. The van der Waals surface area contributed by atoms with Crippen molar-refractivity contribution in [1.82, 2.24) is 19.4 Å². The number of hydrogen-bond acceptors (Lipinski definition) is 8. The predicted molar refractivity (Wildman–Crippen MR) is 147 cm³/mol. The van der Waals surface area contributed by atoms with Crippen LogP contribution in [0.3, 0.4) is 0 Å². The van der Waals surface area contributed by atoms with Gasteiger partial charge in [0, 0.05) is 26.2 Å². The molecular formula is C30H30FN5O5. The van der Waals surface area contributed by atoms with Crippen LogP contribution >= 0.6 is 0 Å². The minimum atomic E-state index is -1.01. The number of imidazole rings is 1. The van der Waals surface area contributed by atoms with Crippen molar-refractivity contribution in [3.8, 4) is 23.4 Å². The Morgan fingerprint density at radius 2 is 1.93 bits per heavy atom. The van der Waals surface area contributed by atoms with Gasteiger partial charge in [-0.15, -0.1) is 0 Å². The molecule has 4 aromatic rings. The van der Waals surface area contributed by atoms with Crippen molar-refractivity contribution in [1.29, 1.82) is 5.26 Å². The van der Waals surface area contributed by atoms with Crippen LogP contribution in [0, 0.1) is 17.1 Å². The van der Waals surface area contributed by atoms with E-state index in [1.165, 1.54) is 18.2 Å². The maximum Gasteiger partial charge on any atom is 0.335 e. The van der Waals surface area contributed by atoms with Crippen LogP contribution in [-0.2, 0) is 20.2 Å². The van der Waals surface area contributed by atoms with Crippen LogP contribution in [0.15, 0.2) is 48.5 Å². The number of nitriles is 1. The zero-order valence-electron chi connectivity index (χ0n) is 22.8. The number of pyridine rings is 1. The number of carbonyl (C=O) groups is 1. The van der Waals surface area contributed by atoms with Gasteiger partial charge in [-0.05, 0) is 56.2 Å². The number of carboxylic acids is 1. The van der Waals surface area contributed by atoms with Crippen LogP contribution in [-0.4, -0.2) is 56.3 Å². The molecule has 0 aliphatic carbocycles. The number of halogens is 1. The molecule has 1 saturated heterocycles. The van der Waals surface area contributed by atoms with Gasteiger partial charge in [-0.25, -0.2) is 19.2 Å². The molecule has 3 heterocycles. The summed E-state index contributed by atoms with van der Waals surface area (Å²) in [5.41, 5.74) is 2.37. The zero-order chi connectivity index (χ0) is 28.9. The molecule has 1 aliphatic rings. The highest BCUT2D eigenvalue weighted by atomic mass is 19.1. The van der Waals surface area contributed by atoms with Crippen LogP contribution in [0.25, 0.3) is 11.0 Å².